The molecule has 0 unspecified atom stereocenters. The van der Waals surface area contributed by atoms with Gasteiger partial charge in [0.15, 0.2) is 0 Å². The van der Waals surface area contributed by atoms with Gasteiger partial charge in [0.25, 0.3) is 5.91 Å². The zero-order chi connectivity index (χ0) is 17.7. The molecule has 2 rings (SSSR count). The Hall–Kier alpha value is -1.13. The van der Waals surface area contributed by atoms with Gasteiger partial charge in [-0.2, -0.15) is 0 Å². The summed E-state index contributed by atoms with van der Waals surface area (Å²) in [4.78, 5) is 12.2. The Balaban J connectivity index is 1.75. The highest BCUT2D eigenvalue weighted by Gasteiger charge is 2.23. The van der Waals surface area contributed by atoms with Crippen LogP contribution in [0, 0.1) is 11.2 Å². The van der Waals surface area contributed by atoms with E-state index in [1.165, 1.54) is 18.2 Å². The van der Waals surface area contributed by atoms with Crippen LogP contribution in [-0.2, 0) is 0 Å². The fraction of sp³-hybridized carbons (Fsp3) is 0.632. The molecule has 5 heteroatoms. The van der Waals surface area contributed by atoms with E-state index in [1.54, 1.807) is 0 Å². The summed E-state index contributed by atoms with van der Waals surface area (Å²) in [7, 11) is 0. The summed E-state index contributed by atoms with van der Waals surface area (Å²) >= 11 is 5.81. The van der Waals surface area contributed by atoms with Crippen molar-refractivity contribution in [3.63, 3.8) is 0 Å². The molecule has 1 aromatic carbocycles. The van der Waals surface area contributed by atoms with Gasteiger partial charge in [0.1, 0.15) is 5.82 Å². The van der Waals surface area contributed by atoms with Crippen molar-refractivity contribution >= 4 is 17.5 Å². The van der Waals surface area contributed by atoms with Gasteiger partial charge in [0.05, 0.1) is 0 Å². The van der Waals surface area contributed by atoms with Gasteiger partial charge in [-0.15, -0.1) is 0 Å². The van der Waals surface area contributed by atoms with E-state index in [9.17, 15) is 9.18 Å². The van der Waals surface area contributed by atoms with Crippen LogP contribution in [0.15, 0.2) is 18.2 Å². The van der Waals surface area contributed by atoms with Crippen LogP contribution in [0.2, 0.25) is 5.02 Å². The number of benzene rings is 1. The molecule has 3 nitrogen and oxygen atoms in total. The lowest BCUT2D eigenvalue weighted by Crippen LogP contribution is -2.42. The van der Waals surface area contributed by atoms with E-state index in [1.807, 2.05) is 0 Å². The van der Waals surface area contributed by atoms with Gasteiger partial charge in [0, 0.05) is 22.7 Å². The third kappa shape index (κ3) is 6.40. The Labute approximate surface area is 149 Å². The van der Waals surface area contributed by atoms with Crippen molar-refractivity contribution in [1.29, 1.82) is 0 Å². The number of halogens is 2. The summed E-state index contributed by atoms with van der Waals surface area (Å²) in [6.45, 7) is 7.78. The van der Waals surface area contributed by atoms with Gasteiger partial charge in [0.2, 0.25) is 0 Å². The predicted octanol–water partition coefficient (Wildman–Crippen LogP) is 4.55. The predicted molar refractivity (Wildman–Crippen MR) is 97.0 cm³/mol. The number of rotatable bonds is 5. The summed E-state index contributed by atoms with van der Waals surface area (Å²) in [5.74, 6) is -0.736. The Kier molecular flexibility index (Phi) is 6.64. The molecule has 0 atom stereocenters. The number of amides is 1. The van der Waals surface area contributed by atoms with Crippen LogP contribution in [0.25, 0.3) is 0 Å². The highest BCUT2D eigenvalue weighted by molar-refractivity contribution is 6.31. The van der Waals surface area contributed by atoms with Crippen LogP contribution in [0.5, 0.6) is 0 Å². The highest BCUT2D eigenvalue weighted by Crippen LogP contribution is 2.22. The second-order valence-electron chi connectivity index (χ2n) is 7.94. The molecule has 1 saturated carbocycles. The second-order valence-corrected chi connectivity index (χ2v) is 8.38. The molecule has 0 radical (unpaired) electrons. The van der Waals surface area contributed by atoms with Crippen molar-refractivity contribution in [2.45, 2.75) is 65.0 Å². The summed E-state index contributed by atoms with van der Waals surface area (Å²) in [5.41, 5.74) is 0.634. The molecule has 134 valence electrons. The minimum Gasteiger partial charge on any atom is -0.349 e. The fourth-order valence-corrected chi connectivity index (χ4v) is 3.27. The standard InChI is InChI=1S/C19H28ClFN2O/c1-19(2,3)8-9-22-16-4-6-17(7-5-16)23-18(24)13-10-14(20)12-15(21)11-13/h10-12,16-17,22H,4-9H2,1-3H3,(H,23,24). The number of hydrogen-bond donors (Lipinski definition) is 2. The molecule has 1 aromatic rings. The molecule has 0 heterocycles. The smallest absolute Gasteiger partial charge is 0.251 e. The highest BCUT2D eigenvalue weighted by atomic mass is 35.5. The zero-order valence-electron chi connectivity index (χ0n) is 14.8. The van der Waals surface area contributed by atoms with E-state index in [-0.39, 0.29) is 22.5 Å². The monoisotopic (exact) mass is 354 g/mol. The lowest BCUT2D eigenvalue weighted by molar-refractivity contribution is 0.0923. The first kappa shape index (κ1) is 19.2. The van der Waals surface area contributed by atoms with Crippen LogP contribution in [0.4, 0.5) is 4.39 Å². The van der Waals surface area contributed by atoms with Crippen LogP contribution in [-0.4, -0.2) is 24.5 Å². The molecule has 2 N–H and O–H groups in total. The first-order valence-electron chi connectivity index (χ1n) is 8.73. The van der Waals surface area contributed by atoms with Gasteiger partial charge >= 0.3 is 0 Å². The third-order valence-electron chi connectivity index (χ3n) is 4.50. The average molecular weight is 355 g/mol. The lowest BCUT2D eigenvalue weighted by Gasteiger charge is -2.30. The molecule has 24 heavy (non-hydrogen) atoms. The molecule has 1 amide bonds. The Bertz CT molecular complexity index is 543. The minimum atomic E-state index is -0.487. The average Bonchev–Trinajstić information content (AvgIpc) is 2.46. The molecule has 1 fully saturated rings. The lowest BCUT2D eigenvalue weighted by atomic mass is 9.89. The van der Waals surface area contributed by atoms with Gasteiger partial charge in [-0.1, -0.05) is 32.4 Å². The Morgan fingerprint density at radius 2 is 1.79 bits per heavy atom. The minimum absolute atomic E-state index is 0.153. The first-order chi connectivity index (χ1) is 11.2. The van der Waals surface area contributed by atoms with E-state index >= 15 is 0 Å². The second kappa shape index (κ2) is 8.30. The number of carbonyl (C=O) groups excluding carboxylic acids is 1. The quantitative estimate of drug-likeness (QED) is 0.814. The zero-order valence-corrected chi connectivity index (χ0v) is 15.5. The fourth-order valence-electron chi connectivity index (χ4n) is 3.05. The van der Waals surface area contributed by atoms with Crippen LogP contribution in [0.1, 0.15) is 63.2 Å². The van der Waals surface area contributed by atoms with Crippen molar-refractivity contribution in [2.24, 2.45) is 5.41 Å². The van der Waals surface area contributed by atoms with Crippen LogP contribution < -0.4 is 10.6 Å². The Morgan fingerprint density at radius 1 is 1.17 bits per heavy atom. The maximum absolute atomic E-state index is 13.3. The SMILES string of the molecule is CC(C)(C)CCNC1CCC(NC(=O)c2cc(F)cc(Cl)c2)CC1. The molecule has 0 aliphatic heterocycles. The molecular weight excluding hydrogens is 327 g/mol. The van der Waals surface area contributed by atoms with Gasteiger partial charge in [-0.05, 0) is 62.3 Å². The molecule has 1 aliphatic rings. The normalized spacial score (nSPS) is 21.5. The maximum atomic E-state index is 13.3. The molecule has 0 saturated heterocycles. The van der Waals surface area contributed by atoms with Gasteiger partial charge in [-0.25, -0.2) is 4.39 Å². The summed E-state index contributed by atoms with van der Waals surface area (Å²) < 4.78 is 13.3. The number of nitrogens with one attached hydrogen (secondary N) is 2. The van der Waals surface area contributed by atoms with E-state index < -0.39 is 5.82 Å². The van der Waals surface area contributed by atoms with Gasteiger partial charge < -0.3 is 10.6 Å². The van der Waals surface area contributed by atoms with E-state index in [4.69, 9.17) is 11.6 Å². The maximum Gasteiger partial charge on any atom is 0.251 e. The molecule has 0 aromatic heterocycles. The number of hydrogen-bond acceptors (Lipinski definition) is 2. The summed E-state index contributed by atoms with van der Waals surface area (Å²) in [6, 6.07) is 4.61. The molecule has 0 bridgehead atoms. The van der Waals surface area contributed by atoms with Gasteiger partial charge in [-0.3, -0.25) is 4.79 Å². The third-order valence-corrected chi connectivity index (χ3v) is 4.71. The van der Waals surface area contributed by atoms with E-state index in [0.29, 0.717) is 11.5 Å². The first-order valence-corrected chi connectivity index (χ1v) is 9.11. The largest absolute Gasteiger partial charge is 0.349 e. The van der Waals surface area contributed by atoms with Crippen molar-refractivity contribution in [2.75, 3.05) is 6.54 Å². The Morgan fingerprint density at radius 3 is 2.38 bits per heavy atom. The van der Waals surface area contributed by atoms with Crippen molar-refractivity contribution < 1.29 is 9.18 Å². The molecule has 0 spiro atoms. The van der Waals surface area contributed by atoms with E-state index in [0.717, 1.165) is 38.6 Å². The van der Waals surface area contributed by atoms with Crippen molar-refractivity contribution in [3.05, 3.63) is 34.6 Å². The molecular formula is C19H28ClFN2O. The van der Waals surface area contributed by atoms with Crippen LogP contribution >= 0.6 is 11.6 Å². The number of carbonyl (C=O) groups is 1. The van der Waals surface area contributed by atoms with Crippen molar-refractivity contribution in [3.8, 4) is 0 Å². The molecule has 1 aliphatic carbocycles. The topological polar surface area (TPSA) is 41.1 Å². The van der Waals surface area contributed by atoms with E-state index in [2.05, 4.69) is 31.4 Å². The summed E-state index contributed by atoms with van der Waals surface area (Å²) in [5, 5.41) is 6.86. The van der Waals surface area contributed by atoms with Crippen LogP contribution in [0.3, 0.4) is 0 Å². The summed E-state index contributed by atoms with van der Waals surface area (Å²) in [6.07, 6.45) is 5.16. The van der Waals surface area contributed by atoms with Crippen molar-refractivity contribution in [1.82, 2.24) is 10.6 Å².